The Hall–Kier alpha value is -1.44. The molecule has 0 atom stereocenters. The number of hydrogen-bond acceptors (Lipinski definition) is 2. The third kappa shape index (κ3) is 2.28. The van der Waals surface area contributed by atoms with Crippen molar-refractivity contribution in [2.45, 2.75) is 13.3 Å². The number of benzene rings is 1. The summed E-state index contributed by atoms with van der Waals surface area (Å²) < 4.78 is 0. The van der Waals surface area contributed by atoms with Crippen molar-refractivity contribution in [3.05, 3.63) is 41.6 Å². The molecule has 0 fully saturated rings. The van der Waals surface area contributed by atoms with Gasteiger partial charge in [-0.05, 0) is 18.1 Å². The molecule has 0 amide bonds. The van der Waals surface area contributed by atoms with Gasteiger partial charge in [-0.3, -0.25) is 0 Å². The quantitative estimate of drug-likeness (QED) is 0.792. The van der Waals surface area contributed by atoms with Gasteiger partial charge in [0.25, 0.3) is 0 Å². The Labute approximate surface area is 85.5 Å². The number of phenols is 1. The maximum atomic E-state index is 9.77. The molecular weight excluding hydrogens is 174 g/mol. The van der Waals surface area contributed by atoms with Crippen LogP contribution in [0.25, 0.3) is 0 Å². The van der Waals surface area contributed by atoms with E-state index in [1.807, 2.05) is 44.1 Å². The van der Waals surface area contributed by atoms with Gasteiger partial charge >= 0.3 is 0 Å². The summed E-state index contributed by atoms with van der Waals surface area (Å²) in [5.41, 5.74) is 2.84. The summed E-state index contributed by atoms with van der Waals surface area (Å²) in [7, 11) is 3.91. The van der Waals surface area contributed by atoms with Crippen molar-refractivity contribution in [3.8, 4) is 5.75 Å². The van der Waals surface area contributed by atoms with Crippen LogP contribution in [0.1, 0.15) is 11.1 Å². The van der Waals surface area contributed by atoms with E-state index >= 15 is 0 Å². The average Bonchev–Trinajstić information content (AvgIpc) is 2.12. The van der Waals surface area contributed by atoms with Crippen molar-refractivity contribution < 1.29 is 5.11 Å². The van der Waals surface area contributed by atoms with Crippen molar-refractivity contribution >= 4 is 0 Å². The van der Waals surface area contributed by atoms with E-state index in [-0.39, 0.29) is 0 Å². The topological polar surface area (TPSA) is 23.5 Å². The fourth-order valence-electron chi connectivity index (χ4n) is 1.24. The number of likely N-dealkylation sites (N-methyl/N-ethyl adjacent to an activating group) is 1. The summed E-state index contributed by atoms with van der Waals surface area (Å²) in [6.07, 6.45) is 0.695. The Kier molecular flexibility index (Phi) is 3.18. The molecule has 1 aromatic rings. The van der Waals surface area contributed by atoms with E-state index in [4.69, 9.17) is 0 Å². The maximum absolute atomic E-state index is 9.77. The zero-order valence-corrected chi connectivity index (χ0v) is 9.04. The molecular formula is C12H17NO. The molecule has 0 heterocycles. The van der Waals surface area contributed by atoms with Gasteiger partial charge in [-0.1, -0.05) is 24.8 Å². The number of phenolic OH excluding ortho intramolecular Hbond substituents is 1. The van der Waals surface area contributed by atoms with Crippen molar-refractivity contribution in [3.63, 3.8) is 0 Å². The van der Waals surface area contributed by atoms with Crippen LogP contribution in [0.4, 0.5) is 0 Å². The molecule has 1 N–H and O–H groups in total. The molecule has 0 aliphatic carbocycles. The van der Waals surface area contributed by atoms with Crippen molar-refractivity contribution in [2.24, 2.45) is 0 Å². The SMILES string of the molecule is C=C(Cc1cccc(C)c1O)N(C)C. The molecule has 0 unspecified atom stereocenters. The van der Waals surface area contributed by atoms with Gasteiger partial charge in [-0.25, -0.2) is 0 Å². The fourth-order valence-corrected chi connectivity index (χ4v) is 1.24. The standard InChI is InChI=1S/C12H17NO/c1-9-6-5-7-11(12(9)14)8-10(2)13(3)4/h5-7,14H,2,8H2,1,3-4H3. The van der Waals surface area contributed by atoms with Crippen molar-refractivity contribution in [1.29, 1.82) is 0 Å². The highest BCUT2D eigenvalue weighted by atomic mass is 16.3. The first kappa shape index (κ1) is 10.6. The van der Waals surface area contributed by atoms with Crippen LogP contribution in [0.2, 0.25) is 0 Å². The van der Waals surface area contributed by atoms with E-state index in [0.717, 1.165) is 16.8 Å². The van der Waals surface area contributed by atoms with Gasteiger partial charge < -0.3 is 10.0 Å². The second-order valence-electron chi connectivity index (χ2n) is 3.72. The summed E-state index contributed by atoms with van der Waals surface area (Å²) >= 11 is 0. The molecule has 0 aromatic heterocycles. The number of aryl methyl sites for hydroxylation is 1. The fraction of sp³-hybridized carbons (Fsp3) is 0.333. The molecule has 0 radical (unpaired) electrons. The maximum Gasteiger partial charge on any atom is 0.122 e. The molecule has 0 bridgehead atoms. The van der Waals surface area contributed by atoms with Crippen LogP contribution in [0.5, 0.6) is 5.75 Å². The number of hydrogen-bond donors (Lipinski definition) is 1. The molecule has 0 aliphatic rings. The second-order valence-corrected chi connectivity index (χ2v) is 3.72. The summed E-state index contributed by atoms with van der Waals surface area (Å²) in [4.78, 5) is 1.96. The minimum absolute atomic E-state index is 0.385. The first-order valence-electron chi connectivity index (χ1n) is 4.65. The van der Waals surface area contributed by atoms with Gasteiger partial charge in [0.2, 0.25) is 0 Å². The molecule has 14 heavy (non-hydrogen) atoms. The van der Waals surface area contributed by atoms with Crippen molar-refractivity contribution in [2.75, 3.05) is 14.1 Å². The lowest BCUT2D eigenvalue weighted by molar-refractivity contribution is 0.457. The molecule has 0 spiro atoms. The Morgan fingerprint density at radius 3 is 2.64 bits per heavy atom. The zero-order valence-electron chi connectivity index (χ0n) is 9.04. The highest BCUT2D eigenvalue weighted by Crippen LogP contribution is 2.23. The number of rotatable bonds is 3. The minimum Gasteiger partial charge on any atom is -0.507 e. The van der Waals surface area contributed by atoms with Gasteiger partial charge in [0.05, 0.1) is 0 Å². The van der Waals surface area contributed by atoms with E-state index in [0.29, 0.717) is 12.2 Å². The van der Waals surface area contributed by atoms with E-state index in [1.54, 1.807) is 0 Å². The summed E-state index contributed by atoms with van der Waals surface area (Å²) in [5.74, 6) is 0.385. The molecule has 2 heteroatoms. The van der Waals surface area contributed by atoms with Crippen molar-refractivity contribution in [1.82, 2.24) is 4.90 Å². The van der Waals surface area contributed by atoms with Crippen LogP contribution < -0.4 is 0 Å². The van der Waals surface area contributed by atoms with Gasteiger partial charge in [0.1, 0.15) is 5.75 Å². The van der Waals surface area contributed by atoms with Gasteiger partial charge in [0.15, 0.2) is 0 Å². The Morgan fingerprint density at radius 2 is 2.07 bits per heavy atom. The van der Waals surface area contributed by atoms with Crippen LogP contribution in [0.3, 0.4) is 0 Å². The molecule has 0 saturated carbocycles. The monoisotopic (exact) mass is 191 g/mol. The predicted molar refractivity (Wildman–Crippen MR) is 59.4 cm³/mol. The van der Waals surface area contributed by atoms with Crippen LogP contribution in [0, 0.1) is 6.92 Å². The Balaban J connectivity index is 2.87. The molecule has 2 nitrogen and oxygen atoms in total. The number of allylic oxidation sites excluding steroid dienone is 1. The Morgan fingerprint density at radius 1 is 1.43 bits per heavy atom. The molecule has 76 valence electrons. The normalized spacial score (nSPS) is 9.93. The van der Waals surface area contributed by atoms with E-state index in [2.05, 4.69) is 6.58 Å². The summed E-state index contributed by atoms with van der Waals surface area (Å²) in [6.45, 7) is 5.84. The van der Waals surface area contributed by atoms with Gasteiger partial charge in [0, 0.05) is 26.2 Å². The third-order valence-electron chi connectivity index (χ3n) is 2.35. The van der Waals surface area contributed by atoms with E-state index in [9.17, 15) is 5.11 Å². The molecule has 0 aliphatic heterocycles. The lowest BCUT2D eigenvalue weighted by atomic mass is 10.1. The highest BCUT2D eigenvalue weighted by molar-refractivity contribution is 5.41. The Bertz CT molecular complexity index is 342. The lowest BCUT2D eigenvalue weighted by Crippen LogP contribution is -2.12. The average molecular weight is 191 g/mol. The highest BCUT2D eigenvalue weighted by Gasteiger charge is 2.05. The predicted octanol–water partition coefficient (Wildman–Crippen LogP) is 2.32. The first-order chi connectivity index (χ1) is 6.52. The lowest BCUT2D eigenvalue weighted by Gasteiger charge is -2.16. The van der Waals surface area contributed by atoms with Gasteiger partial charge in [-0.2, -0.15) is 0 Å². The number of nitrogens with zero attached hydrogens (tertiary/aromatic N) is 1. The summed E-state index contributed by atoms with van der Waals surface area (Å²) in [6, 6.07) is 5.78. The first-order valence-corrected chi connectivity index (χ1v) is 4.65. The van der Waals surface area contributed by atoms with Crippen LogP contribution >= 0.6 is 0 Å². The molecule has 0 saturated heterocycles. The van der Waals surface area contributed by atoms with Crippen LogP contribution in [0.15, 0.2) is 30.5 Å². The molecule has 1 rings (SSSR count). The zero-order chi connectivity index (χ0) is 10.7. The van der Waals surface area contributed by atoms with Gasteiger partial charge in [-0.15, -0.1) is 0 Å². The number of para-hydroxylation sites is 1. The van der Waals surface area contributed by atoms with E-state index < -0.39 is 0 Å². The summed E-state index contributed by atoms with van der Waals surface area (Å²) in [5, 5.41) is 9.77. The largest absolute Gasteiger partial charge is 0.507 e. The van der Waals surface area contributed by atoms with E-state index in [1.165, 1.54) is 0 Å². The smallest absolute Gasteiger partial charge is 0.122 e. The van der Waals surface area contributed by atoms with Crippen LogP contribution in [-0.4, -0.2) is 24.1 Å². The third-order valence-corrected chi connectivity index (χ3v) is 2.35. The minimum atomic E-state index is 0.385. The van der Waals surface area contributed by atoms with Crippen LogP contribution in [-0.2, 0) is 6.42 Å². The molecule has 1 aromatic carbocycles. The second kappa shape index (κ2) is 4.18. The number of aromatic hydroxyl groups is 1.